The molecule has 0 aliphatic carbocycles. The highest BCUT2D eigenvalue weighted by Gasteiger charge is 2.28. The molecule has 148 valence electrons. The first-order valence-electron chi connectivity index (χ1n) is 9.21. The quantitative estimate of drug-likeness (QED) is 0.609. The first kappa shape index (κ1) is 21.3. The maximum atomic E-state index is 12.8. The van der Waals surface area contributed by atoms with Gasteiger partial charge in [0.25, 0.3) is 0 Å². The lowest BCUT2D eigenvalue weighted by Crippen LogP contribution is -2.49. The Morgan fingerprint density at radius 2 is 1.81 bits per heavy atom. The molecule has 2 rings (SSSR count). The zero-order chi connectivity index (χ0) is 19.9. The molecule has 0 bridgehead atoms. The Bertz CT molecular complexity index is 865. The van der Waals surface area contributed by atoms with E-state index in [2.05, 4.69) is 10.0 Å². The summed E-state index contributed by atoms with van der Waals surface area (Å²) in [6.07, 6.45) is 0.682. The second-order valence-electron chi connectivity index (χ2n) is 6.69. The van der Waals surface area contributed by atoms with Gasteiger partial charge < -0.3 is 10.1 Å². The molecule has 0 aromatic heterocycles. The average molecular weight is 393 g/mol. The Kier molecular flexibility index (Phi) is 7.77. The highest BCUT2D eigenvalue weighted by molar-refractivity contribution is 7.89. The minimum absolute atomic E-state index is 0.149. The van der Waals surface area contributed by atoms with Crippen LogP contribution in [0.2, 0.25) is 0 Å². The Labute approximate surface area is 161 Å². The van der Waals surface area contributed by atoms with Gasteiger partial charge in [-0.2, -0.15) is 4.72 Å². The lowest BCUT2D eigenvalue weighted by molar-refractivity contribution is -0.123. The van der Waals surface area contributed by atoms with Crippen molar-refractivity contribution in [3.63, 3.8) is 0 Å². The predicted molar refractivity (Wildman–Crippen MR) is 107 cm³/mol. The zero-order valence-electron chi connectivity index (χ0n) is 16.1. The molecule has 7 heteroatoms. The monoisotopic (exact) mass is 392 g/mol. The maximum Gasteiger partial charge on any atom is 0.241 e. The van der Waals surface area contributed by atoms with Crippen molar-refractivity contribution < 1.29 is 17.9 Å². The van der Waals surface area contributed by atoms with Gasteiger partial charge in [-0.3, -0.25) is 4.79 Å². The fourth-order valence-corrected chi connectivity index (χ4v) is 4.08. The summed E-state index contributed by atoms with van der Waals surface area (Å²) in [6.45, 7) is 7.18. The lowest BCUT2D eigenvalue weighted by atomic mass is 10.1. The molecular weight excluding hydrogens is 364 g/mol. The fraction of sp³-hybridized carbons (Fsp3) is 0.450. The summed E-state index contributed by atoms with van der Waals surface area (Å²) >= 11 is 0. The topological polar surface area (TPSA) is 84.5 Å². The number of rotatable bonds is 10. The summed E-state index contributed by atoms with van der Waals surface area (Å²) < 4.78 is 33.4. The molecule has 0 saturated carbocycles. The summed E-state index contributed by atoms with van der Waals surface area (Å²) in [7, 11) is -3.82. The summed E-state index contributed by atoms with van der Waals surface area (Å²) in [5.41, 5.74) is 0. The standard InChI is InChI=1S/C20H28N2O4S/c1-4-26-13-7-12-21-20(23)19(15(2)3)22-27(24,25)18-11-10-16-8-5-6-9-17(16)14-18/h5-6,8-11,14-15,19,22H,4,7,12-13H2,1-3H3,(H,21,23). The van der Waals surface area contributed by atoms with E-state index in [1.54, 1.807) is 18.2 Å². The van der Waals surface area contributed by atoms with Crippen molar-refractivity contribution in [1.29, 1.82) is 0 Å². The third-order valence-electron chi connectivity index (χ3n) is 4.23. The molecule has 1 unspecified atom stereocenters. The number of nitrogens with one attached hydrogen (secondary N) is 2. The van der Waals surface area contributed by atoms with Crippen molar-refractivity contribution in [1.82, 2.24) is 10.0 Å². The van der Waals surface area contributed by atoms with Gasteiger partial charge in [0.05, 0.1) is 4.90 Å². The molecule has 2 N–H and O–H groups in total. The summed E-state index contributed by atoms with van der Waals surface area (Å²) in [5.74, 6) is -0.516. The first-order chi connectivity index (χ1) is 12.8. The number of fused-ring (bicyclic) bond motifs is 1. The Morgan fingerprint density at radius 3 is 2.48 bits per heavy atom. The molecule has 1 amide bonds. The van der Waals surface area contributed by atoms with Gasteiger partial charge in [0.2, 0.25) is 15.9 Å². The molecule has 27 heavy (non-hydrogen) atoms. The van der Waals surface area contributed by atoms with Crippen LogP contribution in [0.1, 0.15) is 27.2 Å². The summed E-state index contributed by atoms with van der Waals surface area (Å²) in [4.78, 5) is 12.6. The van der Waals surface area contributed by atoms with Crippen molar-refractivity contribution in [2.75, 3.05) is 19.8 Å². The number of carbonyl (C=O) groups is 1. The molecule has 0 spiro atoms. The Morgan fingerprint density at radius 1 is 1.11 bits per heavy atom. The molecular formula is C20H28N2O4S. The second kappa shape index (κ2) is 9.82. The zero-order valence-corrected chi connectivity index (χ0v) is 16.9. The number of carbonyl (C=O) groups excluding carboxylic acids is 1. The Hall–Kier alpha value is -1.96. The van der Waals surface area contributed by atoms with E-state index >= 15 is 0 Å². The van der Waals surface area contributed by atoms with Gasteiger partial charge >= 0.3 is 0 Å². The van der Waals surface area contributed by atoms with E-state index in [0.717, 1.165) is 10.8 Å². The molecule has 0 saturated heterocycles. The number of hydrogen-bond acceptors (Lipinski definition) is 4. The van der Waals surface area contributed by atoms with Crippen LogP contribution in [0.3, 0.4) is 0 Å². The van der Waals surface area contributed by atoms with Gasteiger partial charge in [0.15, 0.2) is 0 Å². The normalized spacial score (nSPS) is 13.0. The molecule has 0 aliphatic rings. The van der Waals surface area contributed by atoms with Crippen LogP contribution in [-0.2, 0) is 19.6 Å². The van der Waals surface area contributed by atoms with Crippen LogP contribution in [0.15, 0.2) is 47.4 Å². The van der Waals surface area contributed by atoms with Crippen molar-refractivity contribution >= 4 is 26.7 Å². The van der Waals surface area contributed by atoms with E-state index in [1.807, 2.05) is 45.0 Å². The SMILES string of the molecule is CCOCCCNC(=O)C(NS(=O)(=O)c1ccc2ccccc2c1)C(C)C. The molecule has 2 aromatic carbocycles. The van der Waals surface area contributed by atoms with Crippen LogP contribution in [0.25, 0.3) is 10.8 Å². The largest absolute Gasteiger partial charge is 0.382 e. The van der Waals surface area contributed by atoms with Crippen LogP contribution >= 0.6 is 0 Å². The first-order valence-corrected chi connectivity index (χ1v) is 10.7. The van der Waals surface area contributed by atoms with E-state index in [4.69, 9.17) is 4.74 Å². The van der Waals surface area contributed by atoms with Crippen LogP contribution in [0.4, 0.5) is 0 Å². The second-order valence-corrected chi connectivity index (χ2v) is 8.41. The van der Waals surface area contributed by atoms with Crippen LogP contribution in [0.5, 0.6) is 0 Å². The van der Waals surface area contributed by atoms with Gasteiger partial charge in [0, 0.05) is 19.8 Å². The number of ether oxygens (including phenoxy) is 1. The summed E-state index contributed by atoms with van der Waals surface area (Å²) in [5, 5.41) is 4.58. The third kappa shape index (κ3) is 6.02. The van der Waals surface area contributed by atoms with Crippen LogP contribution in [-0.4, -0.2) is 40.1 Å². The predicted octanol–water partition coefficient (Wildman–Crippen LogP) is 2.69. The molecule has 6 nitrogen and oxygen atoms in total. The number of sulfonamides is 1. The van der Waals surface area contributed by atoms with E-state index in [-0.39, 0.29) is 16.7 Å². The van der Waals surface area contributed by atoms with E-state index in [9.17, 15) is 13.2 Å². The van der Waals surface area contributed by atoms with Crippen molar-refractivity contribution in [2.24, 2.45) is 5.92 Å². The van der Waals surface area contributed by atoms with Crippen LogP contribution < -0.4 is 10.0 Å². The van der Waals surface area contributed by atoms with Gasteiger partial charge in [-0.25, -0.2) is 8.42 Å². The van der Waals surface area contributed by atoms with Crippen molar-refractivity contribution in [3.8, 4) is 0 Å². The minimum atomic E-state index is -3.82. The molecule has 2 aromatic rings. The molecule has 0 radical (unpaired) electrons. The van der Waals surface area contributed by atoms with Gasteiger partial charge in [-0.15, -0.1) is 0 Å². The minimum Gasteiger partial charge on any atom is -0.382 e. The van der Waals surface area contributed by atoms with Gasteiger partial charge in [-0.05, 0) is 42.2 Å². The van der Waals surface area contributed by atoms with Gasteiger partial charge in [-0.1, -0.05) is 44.2 Å². The number of benzene rings is 2. The lowest BCUT2D eigenvalue weighted by Gasteiger charge is -2.21. The van der Waals surface area contributed by atoms with Crippen LogP contribution in [0, 0.1) is 5.92 Å². The molecule has 0 aliphatic heterocycles. The van der Waals surface area contributed by atoms with Crippen molar-refractivity contribution in [2.45, 2.75) is 38.1 Å². The smallest absolute Gasteiger partial charge is 0.241 e. The van der Waals surface area contributed by atoms with E-state index < -0.39 is 16.1 Å². The summed E-state index contributed by atoms with van der Waals surface area (Å²) in [6, 6.07) is 11.6. The number of hydrogen-bond donors (Lipinski definition) is 2. The highest BCUT2D eigenvalue weighted by atomic mass is 32.2. The molecule has 1 atom stereocenters. The fourth-order valence-electron chi connectivity index (χ4n) is 2.70. The average Bonchev–Trinajstić information content (AvgIpc) is 2.65. The van der Waals surface area contributed by atoms with E-state index in [0.29, 0.717) is 26.2 Å². The highest BCUT2D eigenvalue weighted by Crippen LogP contribution is 2.19. The third-order valence-corrected chi connectivity index (χ3v) is 5.67. The maximum absolute atomic E-state index is 12.8. The molecule has 0 fully saturated rings. The van der Waals surface area contributed by atoms with Gasteiger partial charge in [0.1, 0.15) is 6.04 Å². The van der Waals surface area contributed by atoms with Crippen molar-refractivity contribution in [3.05, 3.63) is 42.5 Å². The Balaban J connectivity index is 2.09. The number of amides is 1. The van der Waals surface area contributed by atoms with E-state index in [1.165, 1.54) is 0 Å². The molecule has 0 heterocycles.